The van der Waals surface area contributed by atoms with Crippen molar-refractivity contribution in [2.45, 2.75) is 31.7 Å². The molecule has 2 aromatic carbocycles. The first-order chi connectivity index (χ1) is 14.1. The zero-order chi connectivity index (χ0) is 20.6. The summed E-state index contributed by atoms with van der Waals surface area (Å²) >= 11 is 0. The van der Waals surface area contributed by atoms with E-state index < -0.39 is 12.0 Å². The van der Waals surface area contributed by atoms with Gasteiger partial charge in [-0.1, -0.05) is 48.9 Å². The lowest BCUT2D eigenvalue weighted by Gasteiger charge is -2.20. The van der Waals surface area contributed by atoms with E-state index in [1.54, 1.807) is 30.3 Å². The Bertz CT molecular complexity index is 1050. The van der Waals surface area contributed by atoms with Crippen molar-refractivity contribution in [2.75, 3.05) is 6.54 Å². The maximum atomic E-state index is 13.0. The minimum absolute atomic E-state index is 0.124. The third-order valence-electron chi connectivity index (χ3n) is 4.70. The summed E-state index contributed by atoms with van der Waals surface area (Å²) in [5, 5.41) is 12.0. The molecule has 3 aromatic rings. The Labute approximate surface area is 168 Å². The van der Waals surface area contributed by atoms with Gasteiger partial charge < -0.3 is 10.4 Å². The molecule has 0 saturated heterocycles. The molecule has 0 radical (unpaired) electrons. The van der Waals surface area contributed by atoms with Crippen molar-refractivity contribution in [3.63, 3.8) is 0 Å². The number of aliphatic carboxylic acids is 1. The van der Waals surface area contributed by atoms with E-state index in [-0.39, 0.29) is 17.9 Å². The van der Waals surface area contributed by atoms with Gasteiger partial charge in [0.2, 0.25) is 5.91 Å². The van der Waals surface area contributed by atoms with Crippen molar-refractivity contribution in [1.29, 1.82) is 0 Å². The number of para-hydroxylation sites is 1. The van der Waals surface area contributed by atoms with Crippen molar-refractivity contribution in [2.24, 2.45) is 0 Å². The van der Waals surface area contributed by atoms with Crippen LogP contribution in [0.4, 0.5) is 0 Å². The number of carboxylic acids is 1. The molecule has 1 atom stereocenters. The summed E-state index contributed by atoms with van der Waals surface area (Å²) in [6.45, 7) is 0.414. The summed E-state index contributed by atoms with van der Waals surface area (Å²) in [6, 6.07) is 15.3. The van der Waals surface area contributed by atoms with Crippen LogP contribution in [0.1, 0.15) is 37.3 Å². The number of carbonyl (C=O) groups is 2. The summed E-state index contributed by atoms with van der Waals surface area (Å²) < 4.78 is 1.36. The zero-order valence-corrected chi connectivity index (χ0v) is 16.0. The van der Waals surface area contributed by atoms with Crippen LogP contribution < -0.4 is 10.9 Å². The monoisotopic (exact) mass is 393 g/mol. The van der Waals surface area contributed by atoms with Crippen molar-refractivity contribution in [3.8, 4) is 0 Å². The highest BCUT2D eigenvalue weighted by Crippen LogP contribution is 2.18. The SMILES string of the molecule is O=C(O)CCCCCNC(=O)[C@H](c1ccccc1)n1cnc2ccccc2c1=O. The molecule has 0 aliphatic heterocycles. The molecular weight excluding hydrogens is 370 g/mol. The first-order valence-electron chi connectivity index (χ1n) is 9.58. The molecule has 0 unspecified atom stereocenters. The summed E-state index contributed by atoms with van der Waals surface area (Å²) in [5.74, 6) is -1.12. The quantitative estimate of drug-likeness (QED) is 0.545. The van der Waals surface area contributed by atoms with Gasteiger partial charge in [0, 0.05) is 13.0 Å². The van der Waals surface area contributed by atoms with Gasteiger partial charge in [0.05, 0.1) is 17.2 Å². The summed E-state index contributed by atoms with van der Waals surface area (Å²) in [6.07, 6.45) is 3.49. The van der Waals surface area contributed by atoms with Crippen LogP contribution in [-0.2, 0) is 9.59 Å². The molecule has 0 aliphatic rings. The zero-order valence-electron chi connectivity index (χ0n) is 16.0. The normalized spacial score (nSPS) is 11.9. The third kappa shape index (κ3) is 5.07. The molecule has 7 nitrogen and oxygen atoms in total. The molecule has 29 heavy (non-hydrogen) atoms. The number of nitrogens with one attached hydrogen (secondary N) is 1. The Kier molecular flexibility index (Phi) is 6.73. The largest absolute Gasteiger partial charge is 0.481 e. The van der Waals surface area contributed by atoms with Crippen molar-refractivity contribution in [1.82, 2.24) is 14.9 Å². The van der Waals surface area contributed by atoms with Crippen LogP contribution >= 0.6 is 0 Å². The first-order valence-corrected chi connectivity index (χ1v) is 9.58. The summed E-state index contributed by atoms with van der Waals surface area (Å²) in [7, 11) is 0. The number of fused-ring (bicyclic) bond motifs is 1. The lowest BCUT2D eigenvalue weighted by Crippen LogP contribution is -2.38. The highest BCUT2D eigenvalue weighted by molar-refractivity contribution is 5.84. The fourth-order valence-corrected chi connectivity index (χ4v) is 3.23. The van der Waals surface area contributed by atoms with Gasteiger partial charge in [-0.05, 0) is 30.5 Å². The van der Waals surface area contributed by atoms with Gasteiger partial charge in [-0.15, -0.1) is 0 Å². The van der Waals surface area contributed by atoms with E-state index in [1.165, 1.54) is 10.9 Å². The van der Waals surface area contributed by atoms with E-state index in [1.807, 2.05) is 24.3 Å². The molecule has 0 fully saturated rings. The van der Waals surface area contributed by atoms with Crippen LogP contribution in [0.15, 0.2) is 65.7 Å². The molecule has 1 heterocycles. The van der Waals surface area contributed by atoms with E-state index >= 15 is 0 Å². The van der Waals surface area contributed by atoms with Gasteiger partial charge in [-0.25, -0.2) is 4.98 Å². The lowest BCUT2D eigenvalue weighted by atomic mass is 10.1. The number of rotatable bonds is 9. The van der Waals surface area contributed by atoms with Crippen molar-refractivity contribution in [3.05, 3.63) is 76.8 Å². The fraction of sp³-hybridized carbons (Fsp3) is 0.273. The van der Waals surface area contributed by atoms with Gasteiger partial charge >= 0.3 is 5.97 Å². The Morgan fingerprint density at radius 2 is 1.72 bits per heavy atom. The van der Waals surface area contributed by atoms with Gasteiger partial charge in [-0.3, -0.25) is 19.0 Å². The van der Waals surface area contributed by atoms with E-state index in [0.29, 0.717) is 42.3 Å². The molecule has 1 amide bonds. The van der Waals surface area contributed by atoms with Crippen LogP contribution in [0.3, 0.4) is 0 Å². The number of carboxylic acid groups (broad SMARTS) is 1. The predicted molar refractivity (Wildman–Crippen MR) is 110 cm³/mol. The Balaban J connectivity index is 1.81. The van der Waals surface area contributed by atoms with Crippen LogP contribution in [0.5, 0.6) is 0 Å². The minimum Gasteiger partial charge on any atom is -0.481 e. The Morgan fingerprint density at radius 3 is 2.48 bits per heavy atom. The average molecular weight is 393 g/mol. The number of hydrogen-bond donors (Lipinski definition) is 2. The van der Waals surface area contributed by atoms with Crippen LogP contribution in [0.25, 0.3) is 10.9 Å². The second-order valence-corrected chi connectivity index (χ2v) is 6.78. The molecule has 0 spiro atoms. The molecule has 150 valence electrons. The Morgan fingerprint density at radius 1 is 1.00 bits per heavy atom. The van der Waals surface area contributed by atoms with Crippen LogP contribution in [0.2, 0.25) is 0 Å². The van der Waals surface area contributed by atoms with Gasteiger partial charge in [-0.2, -0.15) is 0 Å². The minimum atomic E-state index is -0.833. The van der Waals surface area contributed by atoms with Gasteiger partial charge in [0.15, 0.2) is 0 Å². The molecular formula is C22H23N3O4. The summed E-state index contributed by atoms with van der Waals surface area (Å²) in [4.78, 5) is 40.9. The van der Waals surface area contributed by atoms with Crippen LogP contribution in [-0.4, -0.2) is 33.1 Å². The van der Waals surface area contributed by atoms with Crippen LogP contribution in [0, 0.1) is 0 Å². The number of benzene rings is 2. The third-order valence-corrected chi connectivity index (χ3v) is 4.70. The standard InChI is InChI=1S/C22H23N3O4/c26-19(27)13-5-2-8-14-23-21(28)20(16-9-3-1-4-10-16)25-15-24-18-12-7-6-11-17(18)22(25)29/h1,3-4,6-7,9-12,15,20H,2,5,8,13-14H2,(H,23,28)(H,26,27)/t20-/m0/s1. The maximum absolute atomic E-state index is 13.0. The molecule has 0 bridgehead atoms. The molecule has 0 aliphatic carbocycles. The fourth-order valence-electron chi connectivity index (χ4n) is 3.23. The van der Waals surface area contributed by atoms with E-state index in [4.69, 9.17) is 5.11 Å². The number of nitrogens with zero attached hydrogens (tertiary/aromatic N) is 2. The number of amides is 1. The van der Waals surface area contributed by atoms with E-state index in [0.717, 1.165) is 0 Å². The highest BCUT2D eigenvalue weighted by atomic mass is 16.4. The topological polar surface area (TPSA) is 101 Å². The van der Waals surface area contributed by atoms with Gasteiger partial charge in [0.1, 0.15) is 6.04 Å². The molecule has 2 N–H and O–H groups in total. The molecule has 0 saturated carbocycles. The second kappa shape index (κ2) is 9.64. The van der Waals surface area contributed by atoms with E-state index in [2.05, 4.69) is 10.3 Å². The first kappa shape index (κ1) is 20.3. The van der Waals surface area contributed by atoms with E-state index in [9.17, 15) is 14.4 Å². The van der Waals surface area contributed by atoms with Crippen molar-refractivity contribution < 1.29 is 14.7 Å². The maximum Gasteiger partial charge on any atom is 0.303 e. The van der Waals surface area contributed by atoms with Gasteiger partial charge in [0.25, 0.3) is 5.56 Å². The average Bonchev–Trinajstić information content (AvgIpc) is 2.73. The molecule has 1 aromatic heterocycles. The lowest BCUT2D eigenvalue weighted by molar-refractivity contribution is -0.137. The Hall–Kier alpha value is -3.48. The summed E-state index contributed by atoms with van der Waals surface area (Å²) in [5.41, 5.74) is 0.996. The number of carbonyl (C=O) groups excluding carboxylic acids is 1. The smallest absolute Gasteiger partial charge is 0.303 e. The number of aromatic nitrogens is 2. The second-order valence-electron chi connectivity index (χ2n) is 6.78. The number of hydrogen-bond acceptors (Lipinski definition) is 4. The molecule has 7 heteroatoms. The van der Waals surface area contributed by atoms with Crippen molar-refractivity contribution >= 4 is 22.8 Å². The number of unbranched alkanes of at least 4 members (excludes halogenated alkanes) is 2. The molecule has 3 rings (SSSR count). The predicted octanol–water partition coefficient (Wildman–Crippen LogP) is 2.75. The highest BCUT2D eigenvalue weighted by Gasteiger charge is 2.24.